The molecule has 5 nitrogen and oxygen atoms in total. The number of nitrogens with zero attached hydrogens (tertiary/aromatic N) is 2. The molecule has 2 N–H and O–H groups in total. The molecule has 1 rings (SSSR count). The van der Waals surface area contributed by atoms with Crippen LogP contribution in [0.5, 0.6) is 0 Å². The number of hydrogen-bond donors (Lipinski definition) is 2. The molecule has 0 aliphatic carbocycles. The summed E-state index contributed by atoms with van der Waals surface area (Å²) in [5.41, 5.74) is -0.366. The lowest BCUT2D eigenvalue weighted by atomic mass is 9.99. The zero-order valence-corrected chi connectivity index (χ0v) is 12.9. The minimum Gasteiger partial charge on any atom is -0.383 e. The molecule has 5 heteroatoms. The minimum absolute atomic E-state index is 0.00524. The number of carbonyl (C=O) groups is 1. The highest BCUT2D eigenvalue weighted by molar-refractivity contribution is 5.75. The van der Waals surface area contributed by atoms with E-state index >= 15 is 0 Å². The van der Waals surface area contributed by atoms with Gasteiger partial charge in [-0.1, -0.05) is 32.6 Å². The molecule has 0 aliphatic rings. The van der Waals surface area contributed by atoms with Crippen molar-refractivity contribution in [1.82, 2.24) is 15.1 Å². The van der Waals surface area contributed by atoms with Gasteiger partial charge in [0.05, 0.1) is 12.7 Å². The first kappa shape index (κ1) is 16.7. The monoisotopic (exact) mass is 281 g/mol. The summed E-state index contributed by atoms with van der Waals surface area (Å²) in [6, 6.07) is 0. The van der Waals surface area contributed by atoms with Crippen molar-refractivity contribution >= 4 is 5.91 Å². The number of aromatic nitrogens is 2. The first-order valence-corrected chi connectivity index (χ1v) is 7.44. The Morgan fingerprint density at radius 1 is 1.40 bits per heavy atom. The quantitative estimate of drug-likeness (QED) is 0.681. The average Bonchev–Trinajstić information content (AvgIpc) is 2.84. The summed E-state index contributed by atoms with van der Waals surface area (Å²) in [5, 5.41) is 17.1. The van der Waals surface area contributed by atoms with Gasteiger partial charge in [0.1, 0.15) is 5.60 Å². The van der Waals surface area contributed by atoms with Crippen molar-refractivity contribution in [3.8, 4) is 0 Å². The smallest absolute Gasteiger partial charge is 0.220 e. The van der Waals surface area contributed by atoms with Crippen LogP contribution in [0.4, 0.5) is 0 Å². The van der Waals surface area contributed by atoms with E-state index in [9.17, 15) is 9.90 Å². The van der Waals surface area contributed by atoms with E-state index in [0.717, 1.165) is 12.8 Å². The SMILES string of the molecule is CCCCCCCC(=O)NC[C@@](C)(O)c1cnn(C)c1. The Morgan fingerprint density at radius 2 is 2.10 bits per heavy atom. The van der Waals surface area contributed by atoms with Crippen LogP contribution >= 0.6 is 0 Å². The third kappa shape index (κ3) is 5.74. The second kappa shape index (κ2) is 8.04. The van der Waals surface area contributed by atoms with Gasteiger partial charge < -0.3 is 10.4 Å². The molecular formula is C15H27N3O2. The highest BCUT2D eigenvalue weighted by atomic mass is 16.3. The molecule has 20 heavy (non-hydrogen) atoms. The van der Waals surface area contributed by atoms with Gasteiger partial charge in [-0.2, -0.15) is 5.10 Å². The second-order valence-corrected chi connectivity index (χ2v) is 5.62. The third-order valence-electron chi connectivity index (χ3n) is 3.46. The van der Waals surface area contributed by atoms with Crippen LogP contribution in [0.15, 0.2) is 12.4 Å². The van der Waals surface area contributed by atoms with Gasteiger partial charge >= 0.3 is 0 Å². The van der Waals surface area contributed by atoms with E-state index in [0.29, 0.717) is 12.0 Å². The van der Waals surface area contributed by atoms with Crippen LogP contribution in [-0.2, 0) is 17.4 Å². The fraction of sp³-hybridized carbons (Fsp3) is 0.733. The molecular weight excluding hydrogens is 254 g/mol. The first-order valence-electron chi connectivity index (χ1n) is 7.44. The van der Waals surface area contributed by atoms with Crippen molar-refractivity contribution in [2.45, 2.75) is 58.0 Å². The van der Waals surface area contributed by atoms with Gasteiger partial charge in [0.15, 0.2) is 0 Å². The summed E-state index contributed by atoms with van der Waals surface area (Å²) >= 11 is 0. The van der Waals surface area contributed by atoms with Crippen LogP contribution in [-0.4, -0.2) is 27.3 Å². The normalized spacial score (nSPS) is 14.0. The van der Waals surface area contributed by atoms with Gasteiger partial charge in [0.25, 0.3) is 0 Å². The number of nitrogens with one attached hydrogen (secondary N) is 1. The van der Waals surface area contributed by atoms with Crippen molar-refractivity contribution in [2.75, 3.05) is 6.54 Å². The molecule has 0 unspecified atom stereocenters. The maximum Gasteiger partial charge on any atom is 0.220 e. The maximum absolute atomic E-state index is 11.7. The molecule has 114 valence electrons. The highest BCUT2D eigenvalue weighted by Crippen LogP contribution is 2.18. The Bertz CT molecular complexity index is 413. The van der Waals surface area contributed by atoms with E-state index in [4.69, 9.17) is 0 Å². The van der Waals surface area contributed by atoms with E-state index < -0.39 is 5.60 Å². The summed E-state index contributed by atoms with van der Waals surface area (Å²) in [5.74, 6) is 0.00524. The molecule has 0 saturated heterocycles. The molecule has 0 aromatic carbocycles. The lowest BCUT2D eigenvalue weighted by molar-refractivity contribution is -0.122. The van der Waals surface area contributed by atoms with Gasteiger partial charge in [-0.3, -0.25) is 9.48 Å². The Balaban J connectivity index is 2.26. The Kier molecular flexibility index (Phi) is 6.71. The predicted octanol–water partition coefficient (Wildman–Crippen LogP) is 2.10. The van der Waals surface area contributed by atoms with Crippen LogP contribution in [0.2, 0.25) is 0 Å². The summed E-state index contributed by atoms with van der Waals surface area (Å²) in [7, 11) is 1.80. The molecule has 0 bridgehead atoms. The van der Waals surface area contributed by atoms with Crippen molar-refractivity contribution in [3.05, 3.63) is 18.0 Å². The number of hydrogen-bond acceptors (Lipinski definition) is 3. The van der Waals surface area contributed by atoms with Gasteiger partial charge in [-0.25, -0.2) is 0 Å². The molecule has 1 amide bonds. The zero-order chi connectivity index (χ0) is 15.0. The van der Waals surface area contributed by atoms with Gasteiger partial charge in [-0.15, -0.1) is 0 Å². The fourth-order valence-corrected chi connectivity index (χ4v) is 2.05. The third-order valence-corrected chi connectivity index (χ3v) is 3.46. The van der Waals surface area contributed by atoms with E-state index in [1.807, 2.05) is 0 Å². The Hall–Kier alpha value is -1.36. The standard InChI is InChI=1S/C15H27N3O2/c1-4-5-6-7-8-9-14(19)16-12-15(2,20)13-10-17-18(3)11-13/h10-11,20H,4-9,12H2,1-3H3,(H,16,19)/t15-/m1/s1. The number of carbonyl (C=O) groups excluding carboxylic acids is 1. The van der Waals surface area contributed by atoms with Crippen molar-refractivity contribution in [3.63, 3.8) is 0 Å². The van der Waals surface area contributed by atoms with Gasteiger partial charge in [0, 0.05) is 25.2 Å². The lowest BCUT2D eigenvalue weighted by Crippen LogP contribution is -2.38. The van der Waals surface area contributed by atoms with Crippen molar-refractivity contribution in [1.29, 1.82) is 0 Å². The summed E-state index contributed by atoms with van der Waals surface area (Å²) in [6.45, 7) is 4.07. The second-order valence-electron chi connectivity index (χ2n) is 5.62. The van der Waals surface area contributed by atoms with Crippen molar-refractivity contribution < 1.29 is 9.90 Å². The molecule has 1 atom stereocenters. The van der Waals surface area contributed by atoms with Gasteiger partial charge in [0.2, 0.25) is 5.91 Å². The summed E-state index contributed by atoms with van der Waals surface area (Å²) in [4.78, 5) is 11.7. The Morgan fingerprint density at radius 3 is 2.70 bits per heavy atom. The minimum atomic E-state index is -1.08. The van der Waals surface area contributed by atoms with E-state index in [-0.39, 0.29) is 12.5 Å². The fourth-order valence-electron chi connectivity index (χ4n) is 2.05. The summed E-state index contributed by atoms with van der Waals surface area (Å²) < 4.78 is 1.64. The zero-order valence-electron chi connectivity index (χ0n) is 12.9. The van der Waals surface area contributed by atoms with Crippen LogP contribution in [0, 0.1) is 0 Å². The molecule has 1 heterocycles. The van der Waals surface area contributed by atoms with Crippen LogP contribution < -0.4 is 5.32 Å². The molecule has 0 fully saturated rings. The number of aryl methyl sites for hydroxylation is 1. The van der Waals surface area contributed by atoms with Gasteiger partial charge in [-0.05, 0) is 13.3 Å². The largest absolute Gasteiger partial charge is 0.383 e. The van der Waals surface area contributed by atoms with E-state index in [1.165, 1.54) is 19.3 Å². The molecule has 0 spiro atoms. The highest BCUT2D eigenvalue weighted by Gasteiger charge is 2.25. The molecule has 1 aromatic heterocycles. The van der Waals surface area contributed by atoms with Crippen LogP contribution in [0.1, 0.15) is 57.9 Å². The first-order chi connectivity index (χ1) is 9.45. The van der Waals surface area contributed by atoms with Crippen LogP contribution in [0.3, 0.4) is 0 Å². The molecule has 1 aromatic rings. The molecule has 0 aliphatic heterocycles. The lowest BCUT2D eigenvalue weighted by Gasteiger charge is -2.22. The number of unbranched alkanes of at least 4 members (excludes halogenated alkanes) is 4. The number of amides is 1. The predicted molar refractivity (Wildman–Crippen MR) is 79.2 cm³/mol. The average molecular weight is 281 g/mol. The van der Waals surface area contributed by atoms with Crippen LogP contribution in [0.25, 0.3) is 0 Å². The molecule has 0 radical (unpaired) electrons. The summed E-state index contributed by atoms with van der Waals surface area (Å²) in [6.07, 6.45) is 9.57. The molecule has 0 saturated carbocycles. The van der Waals surface area contributed by atoms with E-state index in [2.05, 4.69) is 17.3 Å². The van der Waals surface area contributed by atoms with Crippen molar-refractivity contribution in [2.24, 2.45) is 7.05 Å². The topological polar surface area (TPSA) is 67.2 Å². The number of rotatable bonds is 9. The van der Waals surface area contributed by atoms with E-state index in [1.54, 1.807) is 31.0 Å². The maximum atomic E-state index is 11.7. The Labute approximate surface area is 121 Å². The number of aliphatic hydroxyl groups is 1.